The number of nitrogens with one attached hydrogen (secondary N) is 1. The van der Waals surface area contributed by atoms with Gasteiger partial charge in [-0.25, -0.2) is 9.97 Å². The van der Waals surface area contributed by atoms with Gasteiger partial charge in [-0.3, -0.25) is 4.98 Å². The summed E-state index contributed by atoms with van der Waals surface area (Å²) >= 11 is 0. The van der Waals surface area contributed by atoms with Crippen LogP contribution in [0.25, 0.3) is 16.5 Å². The third-order valence-corrected chi connectivity index (χ3v) is 3.80. The molecule has 4 heteroatoms. The number of benzene rings is 1. The maximum atomic E-state index is 4.52. The minimum Gasteiger partial charge on any atom is -0.357 e. The highest BCUT2D eigenvalue weighted by atomic mass is 15.1. The van der Waals surface area contributed by atoms with Gasteiger partial charge in [0.1, 0.15) is 0 Å². The average molecular weight is 274 g/mol. The van der Waals surface area contributed by atoms with Crippen LogP contribution in [0.15, 0.2) is 48.8 Å². The minimum absolute atomic E-state index is 0.672. The topological polar surface area (TPSA) is 50.7 Å². The Morgan fingerprint density at radius 1 is 1.14 bits per heavy atom. The predicted octanol–water partition coefficient (Wildman–Crippen LogP) is 3.05. The van der Waals surface area contributed by atoms with E-state index in [2.05, 4.69) is 50.6 Å². The van der Waals surface area contributed by atoms with Crippen LogP contribution in [0.1, 0.15) is 16.8 Å². The van der Waals surface area contributed by atoms with Gasteiger partial charge in [-0.2, -0.15) is 0 Å². The molecular weight excluding hydrogens is 260 g/mol. The van der Waals surface area contributed by atoms with E-state index >= 15 is 0 Å². The Morgan fingerprint density at radius 3 is 3.00 bits per heavy atom. The zero-order valence-electron chi connectivity index (χ0n) is 11.7. The lowest BCUT2D eigenvalue weighted by atomic mass is 10.0. The summed E-state index contributed by atoms with van der Waals surface area (Å²) in [5, 5.41) is 4.13. The van der Waals surface area contributed by atoms with Crippen molar-refractivity contribution in [1.82, 2.24) is 15.0 Å². The van der Waals surface area contributed by atoms with Crippen LogP contribution in [0.2, 0.25) is 0 Å². The molecule has 0 amide bonds. The standard InChI is InChI=1S/C17H14N4/c1-18-17-20-10-14-13(5-7-16(14)21-17)11-4-6-15-12(9-11)3-2-8-19-15/h2-6,8-10H,7H2,1H3,(H,18,20,21). The number of anilines is 1. The van der Waals surface area contributed by atoms with E-state index in [1.54, 1.807) is 0 Å². The minimum atomic E-state index is 0.672. The summed E-state index contributed by atoms with van der Waals surface area (Å²) in [6.45, 7) is 0. The third kappa shape index (κ3) is 1.96. The van der Waals surface area contributed by atoms with E-state index in [9.17, 15) is 0 Å². The monoisotopic (exact) mass is 274 g/mol. The number of pyridine rings is 1. The van der Waals surface area contributed by atoms with Crippen LogP contribution in [0, 0.1) is 0 Å². The molecule has 0 saturated carbocycles. The molecule has 0 spiro atoms. The first-order valence-electron chi connectivity index (χ1n) is 6.94. The molecule has 0 aliphatic heterocycles. The number of allylic oxidation sites excluding steroid dienone is 1. The van der Waals surface area contributed by atoms with Crippen LogP contribution in [-0.2, 0) is 6.42 Å². The zero-order valence-corrected chi connectivity index (χ0v) is 11.7. The smallest absolute Gasteiger partial charge is 0.222 e. The van der Waals surface area contributed by atoms with Crippen LogP contribution in [0.3, 0.4) is 0 Å². The molecule has 0 atom stereocenters. The molecule has 1 aliphatic rings. The molecular formula is C17H14N4. The summed E-state index contributed by atoms with van der Waals surface area (Å²) in [5.41, 5.74) is 5.61. The van der Waals surface area contributed by atoms with Gasteiger partial charge < -0.3 is 5.32 Å². The fraction of sp³-hybridized carbons (Fsp3) is 0.118. The molecule has 1 N–H and O–H groups in total. The van der Waals surface area contributed by atoms with Crippen molar-refractivity contribution in [3.63, 3.8) is 0 Å². The first-order valence-corrected chi connectivity index (χ1v) is 6.94. The van der Waals surface area contributed by atoms with Crippen molar-refractivity contribution >= 4 is 22.4 Å². The summed E-state index contributed by atoms with van der Waals surface area (Å²) in [6, 6.07) is 10.4. The molecule has 1 aromatic carbocycles. The third-order valence-electron chi connectivity index (χ3n) is 3.80. The van der Waals surface area contributed by atoms with E-state index in [-0.39, 0.29) is 0 Å². The number of aromatic nitrogens is 3. The van der Waals surface area contributed by atoms with Crippen LogP contribution in [0.5, 0.6) is 0 Å². The van der Waals surface area contributed by atoms with Crippen molar-refractivity contribution in [2.24, 2.45) is 0 Å². The van der Waals surface area contributed by atoms with Gasteiger partial charge in [0.05, 0.1) is 11.2 Å². The number of fused-ring (bicyclic) bond motifs is 2. The molecule has 0 bridgehead atoms. The van der Waals surface area contributed by atoms with Crippen LogP contribution in [0.4, 0.5) is 5.95 Å². The Hall–Kier alpha value is -2.75. The van der Waals surface area contributed by atoms with E-state index in [1.807, 2.05) is 25.5 Å². The summed E-state index contributed by atoms with van der Waals surface area (Å²) in [4.78, 5) is 13.2. The summed E-state index contributed by atoms with van der Waals surface area (Å²) in [5.74, 6) is 0.672. The second kappa shape index (κ2) is 4.66. The van der Waals surface area contributed by atoms with Gasteiger partial charge in [-0.1, -0.05) is 18.2 Å². The lowest BCUT2D eigenvalue weighted by molar-refractivity contribution is 1.06. The van der Waals surface area contributed by atoms with E-state index in [0.29, 0.717) is 5.95 Å². The van der Waals surface area contributed by atoms with Gasteiger partial charge >= 0.3 is 0 Å². The first kappa shape index (κ1) is 12.0. The number of nitrogens with zero attached hydrogens (tertiary/aromatic N) is 3. The average Bonchev–Trinajstić information content (AvgIpc) is 2.97. The highest BCUT2D eigenvalue weighted by Crippen LogP contribution is 2.32. The van der Waals surface area contributed by atoms with E-state index in [4.69, 9.17) is 0 Å². The Labute approximate surface area is 122 Å². The molecule has 0 radical (unpaired) electrons. The van der Waals surface area contributed by atoms with Gasteiger partial charge in [0.25, 0.3) is 0 Å². The fourth-order valence-electron chi connectivity index (χ4n) is 2.74. The molecule has 4 rings (SSSR count). The van der Waals surface area contributed by atoms with E-state index in [0.717, 1.165) is 28.6 Å². The number of hydrogen-bond acceptors (Lipinski definition) is 4. The highest BCUT2D eigenvalue weighted by molar-refractivity contribution is 5.89. The second-order valence-electron chi connectivity index (χ2n) is 5.04. The molecule has 0 saturated heterocycles. The van der Waals surface area contributed by atoms with Gasteiger partial charge in [-0.05, 0) is 29.3 Å². The molecule has 1 aliphatic carbocycles. The van der Waals surface area contributed by atoms with Gasteiger partial charge in [-0.15, -0.1) is 0 Å². The van der Waals surface area contributed by atoms with Crippen molar-refractivity contribution < 1.29 is 0 Å². The lowest BCUT2D eigenvalue weighted by Crippen LogP contribution is -2.00. The lowest BCUT2D eigenvalue weighted by Gasteiger charge is -2.07. The molecule has 4 nitrogen and oxygen atoms in total. The number of hydrogen-bond donors (Lipinski definition) is 1. The van der Waals surface area contributed by atoms with Gasteiger partial charge in [0.15, 0.2) is 0 Å². The van der Waals surface area contributed by atoms with Crippen molar-refractivity contribution in [3.05, 3.63) is 65.6 Å². The van der Waals surface area contributed by atoms with Gasteiger partial charge in [0.2, 0.25) is 5.95 Å². The Kier molecular flexibility index (Phi) is 2.67. The molecule has 2 heterocycles. The normalized spacial score (nSPS) is 13.1. The van der Waals surface area contributed by atoms with Crippen LogP contribution in [-0.4, -0.2) is 22.0 Å². The van der Waals surface area contributed by atoms with Crippen LogP contribution >= 0.6 is 0 Å². The first-order chi connectivity index (χ1) is 10.3. The maximum absolute atomic E-state index is 4.52. The molecule has 0 fully saturated rings. The Bertz CT molecular complexity index is 868. The summed E-state index contributed by atoms with van der Waals surface area (Å²) in [6.07, 6.45) is 6.79. The SMILES string of the molecule is CNc1ncc2c(n1)CC=C2c1ccc2ncccc2c1. The van der Waals surface area contributed by atoms with Crippen molar-refractivity contribution in [2.45, 2.75) is 6.42 Å². The molecule has 2 aromatic heterocycles. The van der Waals surface area contributed by atoms with Crippen molar-refractivity contribution in [2.75, 3.05) is 12.4 Å². The Morgan fingerprint density at radius 2 is 2.10 bits per heavy atom. The largest absolute Gasteiger partial charge is 0.357 e. The van der Waals surface area contributed by atoms with E-state index < -0.39 is 0 Å². The van der Waals surface area contributed by atoms with Crippen molar-refractivity contribution in [1.29, 1.82) is 0 Å². The Balaban J connectivity index is 1.81. The second-order valence-corrected chi connectivity index (χ2v) is 5.04. The van der Waals surface area contributed by atoms with E-state index in [1.165, 1.54) is 11.1 Å². The number of rotatable bonds is 2. The molecule has 3 aromatic rings. The molecule has 21 heavy (non-hydrogen) atoms. The fourth-order valence-corrected chi connectivity index (χ4v) is 2.74. The zero-order chi connectivity index (χ0) is 14.2. The highest BCUT2D eigenvalue weighted by Gasteiger charge is 2.18. The predicted molar refractivity (Wildman–Crippen MR) is 84.1 cm³/mol. The quantitative estimate of drug-likeness (QED) is 0.780. The molecule has 0 unspecified atom stereocenters. The maximum Gasteiger partial charge on any atom is 0.222 e. The van der Waals surface area contributed by atoms with Crippen molar-refractivity contribution in [3.8, 4) is 0 Å². The summed E-state index contributed by atoms with van der Waals surface area (Å²) in [7, 11) is 1.83. The summed E-state index contributed by atoms with van der Waals surface area (Å²) < 4.78 is 0. The van der Waals surface area contributed by atoms with Crippen LogP contribution < -0.4 is 5.32 Å². The molecule has 102 valence electrons. The van der Waals surface area contributed by atoms with Gasteiger partial charge in [0, 0.05) is 36.8 Å².